The van der Waals surface area contributed by atoms with E-state index in [0.717, 1.165) is 12.8 Å². The first-order chi connectivity index (χ1) is 14.5. The number of carbonyl (C=O) groups excluding carboxylic acids is 1. The molecule has 1 aliphatic rings. The van der Waals surface area contributed by atoms with Gasteiger partial charge in [0.1, 0.15) is 11.6 Å². The van der Waals surface area contributed by atoms with Crippen LogP contribution in [0.1, 0.15) is 29.1 Å². The Morgan fingerprint density at radius 3 is 2.67 bits per heavy atom. The Bertz CT molecular complexity index is 1030. The number of amides is 1. The van der Waals surface area contributed by atoms with Crippen LogP contribution in [0.15, 0.2) is 47.0 Å². The maximum absolute atomic E-state index is 13.1. The van der Waals surface area contributed by atoms with Crippen LogP contribution in [0.4, 0.5) is 4.39 Å². The number of piperidine rings is 1. The van der Waals surface area contributed by atoms with Gasteiger partial charge >= 0.3 is 0 Å². The van der Waals surface area contributed by atoms with Gasteiger partial charge in [0.05, 0.1) is 12.7 Å². The molecule has 0 bridgehead atoms. The number of methoxy groups -OCH3 is 1. The van der Waals surface area contributed by atoms with E-state index in [1.807, 2.05) is 4.90 Å². The standard InChI is InChI=1S/C22H21ClFN3O3/c1-29-19-7-4-16(23)13-18(19)22(28)27-10-8-14(9-11-27)12-20-25-21(26-30-20)15-2-5-17(24)6-3-15/h2-7,13-14H,8-12H2,1H3. The molecule has 30 heavy (non-hydrogen) atoms. The first kappa shape index (κ1) is 20.3. The van der Waals surface area contributed by atoms with E-state index in [1.165, 1.54) is 19.2 Å². The van der Waals surface area contributed by atoms with Crippen molar-refractivity contribution in [2.75, 3.05) is 20.2 Å². The molecule has 0 spiro atoms. The molecule has 6 nitrogen and oxygen atoms in total. The van der Waals surface area contributed by atoms with E-state index in [1.54, 1.807) is 30.3 Å². The van der Waals surface area contributed by atoms with Crippen molar-refractivity contribution in [3.63, 3.8) is 0 Å². The van der Waals surface area contributed by atoms with Gasteiger partial charge in [0.25, 0.3) is 5.91 Å². The Labute approximate surface area is 178 Å². The molecule has 0 N–H and O–H groups in total. The van der Waals surface area contributed by atoms with E-state index in [0.29, 0.717) is 59.0 Å². The van der Waals surface area contributed by atoms with Crippen LogP contribution in [0.5, 0.6) is 5.75 Å². The zero-order chi connectivity index (χ0) is 21.1. The minimum absolute atomic E-state index is 0.0795. The summed E-state index contributed by atoms with van der Waals surface area (Å²) in [5.74, 6) is 1.48. The van der Waals surface area contributed by atoms with E-state index in [-0.39, 0.29) is 11.7 Å². The van der Waals surface area contributed by atoms with Gasteiger partial charge in [-0.15, -0.1) is 0 Å². The van der Waals surface area contributed by atoms with Gasteiger partial charge in [0.15, 0.2) is 0 Å². The van der Waals surface area contributed by atoms with Gasteiger partial charge in [-0.05, 0) is 61.2 Å². The SMILES string of the molecule is COc1ccc(Cl)cc1C(=O)N1CCC(Cc2nc(-c3ccc(F)cc3)no2)CC1. The molecule has 1 amide bonds. The molecular weight excluding hydrogens is 409 g/mol. The molecular formula is C22H21ClFN3O3. The fraction of sp³-hybridized carbons (Fsp3) is 0.318. The summed E-state index contributed by atoms with van der Waals surface area (Å²) in [6.45, 7) is 1.27. The number of benzene rings is 2. The highest BCUT2D eigenvalue weighted by Crippen LogP contribution is 2.28. The summed E-state index contributed by atoms with van der Waals surface area (Å²) < 4.78 is 23.7. The molecule has 2 aromatic carbocycles. The number of likely N-dealkylation sites (tertiary alicyclic amines) is 1. The normalized spacial score (nSPS) is 14.7. The van der Waals surface area contributed by atoms with Crippen LogP contribution >= 0.6 is 11.6 Å². The third-order valence-corrected chi connectivity index (χ3v) is 5.56. The lowest BCUT2D eigenvalue weighted by Gasteiger charge is -2.31. The van der Waals surface area contributed by atoms with Gasteiger partial charge in [0, 0.05) is 30.1 Å². The monoisotopic (exact) mass is 429 g/mol. The quantitative estimate of drug-likeness (QED) is 0.591. The van der Waals surface area contributed by atoms with E-state index in [2.05, 4.69) is 10.1 Å². The van der Waals surface area contributed by atoms with Crippen LogP contribution in [-0.4, -0.2) is 41.1 Å². The highest BCUT2D eigenvalue weighted by molar-refractivity contribution is 6.31. The van der Waals surface area contributed by atoms with E-state index in [9.17, 15) is 9.18 Å². The first-order valence-corrected chi connectivity index (χ1v) is 10.1. The lowest BCUT2D eigenvalue weighted by Crippen LogP contribution is -2.39. The second-order valence-corrected chi connectivity index (χ2v) is 7.74. The van der Waals surface area contributed by atoms with Crippen LogP contribution in [0, 0.1) is 11.7 Å². The lowest BCUT2D eigenvalue weighted by atomic mass is 9.93. The average molecular weight is 430 g/mol. The highest BCUT2D eigenvalue weighted by Gasteiger charge is 2.27. The Balaban J connectivity index is 1.36. The third-order valence-electron chi connectivity index (χ3n) is 5.33. The Kier molecular flexibility index (Phi) is 5.99. The van der Waals surface area contributed by atoms with Gasteiger partial charge < -0.3 is 14.2 Å². The van der Waals surface area contributed by atoms with Gasteiger partial charge in [-0.1, -0.05) is 16.8 Å². The van der Waals surface area contributed by atoms with Crippen molar-refractivity contribution in [3.05, 3.63) is 64.8 Å². The predicted molar refractivity (Wildman–Crippen MR) is 110 cm³/mol. The number of hydrogen-bond acceptors (Lipinski definition) is 5. The number of carbonyl (C=O) groups is 1. The van der Waals surface area contributed by atoms with E-state index < -0.39 is 0 Å². The van der Waals surface area contributed by atoms with E-state index >= 15 is 0 Å². The number of aromatic nitrogens is 2. The summed E-state index contributed by atoms with van der Waals surface area (Å²) in [7, 11) is 1.54. The largest absolute Gasteiger partial charge is 0.496 e. The molecule has 3 aromatic rings. The maximum Gasteiger partial charge on any atom is 0.257 e. The minimum atomic E-state index is -0.306. The Morgan fingerprint density at radius 2 is 1.97 bits per heavy atom. The summed E-state index contributed by atoms with van der Waals surface area (Å²) in [5, 5.41) is 4.49. The summed E-state index contributed by atoms with van der Waals surface area (Å²) >= 11 is 6.06. The highest BCUT2D eigenvalue weighted by atomic mass is 35.5. The van der Waals surface area contributed by atoms with Crippen molar-refractivity contribution in [2.24, 2.45) is 5.92 Å². The van der Waals surface area contributed by atoms with Crippen molar-refractivity contribution in [1.29, 1.82) is 0 Å². The summed E-state index contributed by atoms with van der Waals surface area (Å²) in [4.78, 5) is 19.1. The molecule has 1 aliphatic heterocycles. The van der Waals surface area contributed by atoms with Crippen LogP contribution in [0.3, 0.4) is 0 Å². The number of halogens is 2. The second kappa shape index (κ2) is 8.83. The van der Waals surface area contributed by atoms with Crippen molar-refractivity contribution >= 4 is 17.5 Å². The zero-order valence-electron chi connectivity index (χ0n) is 16.5. The predicted octanol–water partition coefficient (Wildman–Crippen LogP) is 4.63. The molecule has 8 heteroatoms. The Hall–Kier alpha value is -2.93. The Morgan fingerprint density at radius 1 is 1.23 bits per heavy atom. The molecule has 156 valence electrons. The zero-order valence-corrected chi connectivity index (χ0v) is 17.2. The molecule has 1 saturated heterocycles. The molecule has 0 radical (unpaired) electrons. The van der Waals surface area contributed by atoms with Crippen molar-refractivity contribution in [2.45, 2.75) is 19.3 Å². The number of hydrogen-bond donors (Lipinski definition) is 0. The average Bonchev–Trinajstić information content (AvgIpc) is 3.22. The molecule has 0 atom stereocenters. The maximum atomic E-state index is 13.1. The number of rotatable bonds is 5. The minimum Gasteiger partial charge on any atom is -0.496 e. The van der Waals surface area contributed by atoms with Crippen LogP contribution < -0.4 is 4.74 Å². The fourth-order valence-electron chi connectivity index (χ4n) is 3.66. The van der Waals surface area contributed by atoms with Gasteiger partial charge in [-0.3, -0.25) is 4.79 Å². The third kappa shape index (κ3) is 4.46. The molecule has 2 heterocycles. The molecule has 0 unspecified atom stereocenters. The summed E-state index contributed by atoms with van der Waals surface area (Å²) in [5.41, 5.74) is 1.19. The number of ether oxygens (including phenoxy) is 1. The molecule has 1 aromatic heterocycles. The molecule has 0 aliphatic carbocycles. The van der Waals surface area contributed by atoms with Gasteiger partial charge in [0.2, 0.25) is 11.7 Å². The van der Waals surface area contributed by atoms with Crippen molar-refractivity contribution in [1.82, 2.24) is 15.0 Å². The van der Waals surface area contributed by atoms with Gasteiger partial charge in [-0.25, -0.2) is 4.39 Å². The second-order valence-electron chi connectivity index (χ2n) is 7.30. The summed E-state index contributed by atoms with van der Waals surface area (Å²) in [6, 6.07) is 11.0. The molecule has 0 saturated carbocycles. The van der Waals surface area contributed by atoms with Crippen molar-refractivity contribution in [3.8, 4) is 17.1 Å². The first-order valence-electron chi connectivity index (χ1n) is 9.75. The van der Waals surface area contributed by atoms with Crippen LogP contribution in [0.2, 0.25) is 5.02 Å². The van der Waals surface area contributed by atoms with Crippen molar-refractivity contribution < 1.29 is 18.4 Å². The van der Waals surface area contributed by atoms with Gasteiger partial charge in [-0.2, -0.15) is 4.98 Å². The lowest BCUT2D eigenvalue weighted by molar-refractivity contribution is 0.0684. The molecule has 1 fully saturated rings. The smallest absolute Gasteiger partial charge is 0.257 e. The van der Waals surface area contributed by atoms with Crippen LogP contribution in [-0.2, 0) is 6.42 Å². The van der Waals surface area contributed by atoms with Crippen LogP contribution in [0.25, 0.3) is 11.4 Å². The number of nitrogens with zero attached hydrogens (tertiary/aromatic N) is 3. The topological polar surface area (TPSA) is 68.5 Å². The van der Waals surface area contributed by atoms with E-state index in [4.69, 9.17) is 20.9 Å². The molecule has 4 rings (SSSR count). The summed E-state index contributed by atoms with van der Waals surface area (Å²) in [6.07, 6.45) is 2.32. The fourth-order valence-corrected chi connectivity index (χ4v) is 3.83.